The fourth-order valence-corrected chi connectivity index (χ4v) is 1.26. The number of carbonyl (C=O) groups is 1. The maximum Gasteiger partial charge on any atom is 0.358 e. The van der Waals surface area contributed by atoms with E-state index in [4.69, 9.17) is 9.63 Å². The Bertz CT molecular complexity index is 322. The third kappa shape index (κ3) is 3.71. The lowest BCUT2D eigenvalue weighted by atomic mass is 10.3. The van der Waals surface area contributed by atoms with Crippen molar-refractivity contribution >= 4 is 5.97 Å². The van der Waals surface area contributed by atoms with Gasteiger partial charge in [0, 0.05) is 6.07 Å². The van der Waals surface area contributed by atoms with Crippen LogP contribution in [0.15, 0.2) is 10.6 Å². The molecule has 0 radical (unpaired) electrons. The van der Waals surface area contributed by atoms with E-state index in [-0.39, 0.29) is 5.69 Å². The van der Waals surface area contributed by atoms with Crippen LogP contribution in [0, 0.1) is 0 Å². The Labute approximate surface area is 88.7 Å². The van der Waals surface area contributed by atoms with Gasteiger partial charge in [0.25, 0.3) is 0 Å². The molecule has 0 amide bonds. The fraction of sp³-hybridized carbons (Fsp3) is 0.600. The zero-order valence-corrected chi connectivity index (χ0v) is 9.06. The summed E-state index contributed by atoms with van der Waals surface area (Å²) in [5.74, 6) is -0.466. The first kappa shape index (κ1) is 11.7. The molecule has 0 bridgehead atoms. The lowest BCUT2D eigenvalue weighted by molar-refractivity contribution is 0.0685. The van der Waals surface area contributed by atoms with E-state index in [0.29, 0.717) is 12.3 Å². The van der Waals surface area contributed by atoms with Crippen LogP contribution in [0.3, 0.4) is 0 Å². The van der Waals surface area contributed by atoms with E-state index in [1.165, 1.54) is 6.07 Å². The van der Waals surface area contributed by atoms with Crippen LogP contribution < -0.4 is 0 Å². The van der Waals surface area contributed by atoms with Gasteiger partial charge in [-0.25, -0.2) is 4.79 Å². The Hall–Kier alpha value is -1.36. The highest BCUT2D eigenvalue weighted by Crippen LogP contribution is 2.06. The van der Waals surface area contributed by atoms with Crippen molar-refractivity contribution in [2.24, 2.45) is 0 Å². The van der Waals surface area contributed by atoms with Gasteiger partial charge in [0.15, 0.2) is 11.5 Å². The van der Waals surface area contributed by atoms with Crippen LogP contribution in [0.2, 0.25) is 0 Å². The van der Waals surface area contributed by atoms with Gasteiger partial charge < -0.3 is 9.63 Å². The minimum atomic E-state index is -1.05. The molecular formula is C10H16N2O3. The summed E-state index contributed by atoms with van der Waals surface area (Å²) in [6, 6.07) is 1.46. The third-order valence-corrected chi connectivity index (χ3v) is 2.10. The maximum absolute atomic E-state index is 10.5. The Kier molecular flexibility index (Phi) is 4.30. The van der Waals surface area contributed by atoms with Gasteiger partial charge in [-0.05, 0) is 20.0 Å². The molecule has 1 heterocycles. The van der Waals surface area contributed by atoms with Crippen molar-refractivity contribution in [1.82, 2.24) is 10.1 Å². The van der Waals surface area contributed by atoms with Gasteiger partial charge in [-0.15, -0.1) is 0 Å². The molecule has 0 aliphatic heterocycles. The lowest BCUT2D eigenvalue weighted by Gasteiger charge is -2.13. The monoisotopic (exact) mass is 212 g/mol. The van der Waals surface area contributed by atoms with Crippen molar-refractivity contribution in [2.75, 3.05) is 13.6 Å². The van der Waals surface area contributed by atoms with Crippen molar-refractivity contribution in [3.05, 3.63) is 17.5 Å². The number of rotatable bonds is 6. The van der Waals surface area contributed by atoms with Crippen LogP contribution in [-0.4, -0.2) is 34.7 Å². The Morgan fingerprint density at radius 1 is 1.67 bits per heavy atom. The molecule has 15 heavy (non-hydrogen) atoms. The molecule has 0 aliphatic carbocycles. The molecule has 1 N–H and O–H groups in total. The Morgan fingerprint density at radius 2 is 2.40 bits per heavy atom. The number of unbranched alkanes of at least 4 members (excludes halogenated alkanes) is 1. The molecule has 0 saturated carbocycles. The lowest BCUT2D eigenvalue weighted by Crippen LogP contribution is -2.18. The minimum Gasteiger partial charge on any atom is -0.476 e. The van der Waals surface area contributed by atoms with Gasteiger partial charge in [0.05, 0.1) is 6.54 Å². The number of hydrogen-bond donors (Lipinski definition) is 1. The quantitative estimate of drug-likeness (QED) is 0.775. The molecule has 0 aromatic carbocycles. The highest BCUT2D eigenvalue weighted by atomic mass is 16.5. The fourth-order valence-electron chi connectivity index (χ4n) is 1.26. The van der Waals surface area contributed by atoms with Crippen molar-refractivity contribution in [2.45, 2.75) is 26.3 Å². The van der Waals surface area contributed by atoms with Crippen molar-refractivity contribution in [1.29, 1.82) is 0 Å². The van der Waals surface area contributed by atoms with Crippen molar-refractivity contribution < 1.29 is 14.4 Å². The normalized spacial score (nSPS) is 10.9. The average molecular weight is 212 g/mol. The van der Waals surface area contributed by atoms with Crippen LogP contribution in [-0.2, 0) is 6.54 Å². The summed E-state index contributed by atoms with van der Waals surface area (Å²) >= 11 is 0. The molecule has 0 saturated heterocycles. The van der Waals surface area contributed by atoms with Gasteiger partial charge in [-0.3, -0.25) is 4.90 Å². The first-order chi connectivity index (χ1) is 7.13. The highest BCUT2D eigenvalue weighted by Gasteiger charge is 2.11. The Morgan fingerprint density at radius 3 is 2.93 bits per heavy atom. The van der Waals surface area contributed by atoms with Gasteiger partial charge in [-0.2, -0.15) is 0 Å². The van der Waals surface area contributed by atoms with E-state index < -0.39 is 5.97 Å². The molecule has 84 valence electrons. The predicted molar refractivity (Wildman–Crippen MR) is 54.7 cm³/mol. The summed E-state index contributed by atoms with van der Waals surface area (Å²) in [5.41, 5.74) is -0.0334. The van der Waals surface area contributed by atoms with Gasteiger partial charge in [0.1, 0.15) is 0 Å². The Balaban J connectivity index is 2.46. The molecule has 0 aliphatic rings. The molecule has 5 nitrogen and oxygen atoms in total. The van der Waals surface area contributed by atoms with Crippen LogP contribution in [0.25, 0.3) is 0 Å². The van der Waals surface area contributed by atoms with E-state index in [2.05, 4.69) is 17.0 Å². The first-order valence-electron chi connectivity index (χ1n) is 5.01. The second-order valence-electron chi connectivity index (χ2n) is 3.57. The summed E-state index contributed by atoms with van der Waals surface area (Å²) in [4.78, 5) is 12.6. The molecular weight excluding hydrogens is 196 g/mol. The molecule has 1 rings (SSSR count). The molecule has 0 spiro atoms. The van der Waals surface area contributed by atoms with E-state index in [1.807, 2.05) is 7.05 Å². The number of aromatic carboxylic acids is 1. The van der Waals surface area contributed by atoms with E-state index >= 15 is 0 Å². The molecule has 0 atom stereocenters. The standard InChI is InChI=1S/C10H16N2O3/c1-3-4-5-12(2)7-8-6-9(10(13)14)11-15-8/h6H,3-5,7H2,1-2H3,(H,13,14). The largest absolute Gasteiger partial charge is 0.476 e. The summed E-state index contributed by atoms with van der Waals surface area (Å²) in [7, 11) is 1.97. The molecule has 0 unspecified atom stereocenters. The first-order valence-corrected chi connectivity index (χ1v) is 5.01. The zero-order chi connectivity index (χ0) is 11.3. The number of nitrogens with zero attached hydrogens (tertiary/aromatic N) is 2. The smallest absolute Gasteiger partial charge is 0.358 e. The van der Waals surface area contributed by atoms with Gasteiger partial charge in [-0.1, -0.05) is 18.5 Å². The number of hydrogen-bond acceptors (Lipinski definition) is 4. The van der Waals surface area contributed by atoms with Crippen LogP contribution >= 0.6 is 0 Å². The summed E-state index contributed by atoms with van der Waals surface area (Å²) in [6.07, 6.45) is 2.26. The van der Waals surface area contributed by atoms with E-state index in [9.17, 15) is 4.79 Å². The second kappa shape index (κ2) is 5.50. The second-order valence-corrected chi connectivity index (χ2v) is 3.57. The molecule has 1 aromatic heterocycles. The molecule has 1 aromatic rings. The van der Waals surface area contributed by atoms with Crippen LogP contribution in [0.4, 0.5) is 0 Å². The topological polar surface area (TPSA) is 66.6 Å². The minimum absolute atomic E-state index is 0.0334. The van der Waals surface area contributed by atoms with Gasteiger partial charge in [0.2, 0.25) is 0 Å². The summed E-state index contributed by atoms with van der Waals surface area (Å²) in [6.45, 7) is 3.70. The summed E-state index contributed by atoms with van der Waals surface area (Å²) in [5, 5.41) is 12.1. The van der Waals surface area contributed by atoms with Crippen molar-refractivity contribution in [3.8, 4) is 0 Å². The van der Waals surface area contributed by atoms with Crippen LogP contribution in [0.1, 0.15) is 36.0 Å². The molecule has 5 heteroatoms. The van der Waals surface area contributed by atoms with Gasteiger partial charge >= 0.3 is 5.97 Å². The zero-order valence-electron chi connectivity index (χ0n) is 9.06. The van der Waals surface area contributed by atoms with Crippen LogP contribution in [0.5, 0.6) is 0 Å². The summed E-state index contributed by atoms with van der Waals surface area (Å²) < 4.78 is 4.90. The molecule has 0 fully saturated rings. The SMILES string of the molecule is CCCCN(C)Cc1cc(C(=O)O)no1. The van der Waals surface area contributed by atoms with E-state index in [0.717, 1.165) is 19.4 Å². The number of carboxylic acids is 1. The van der Waals surface area contributed by atoms with Crippen molar-refractivity contribution in [3.63, 3.8) is 0 Å². The maximum atomic E-state index is 10.5. The number of aromatic nitrogens is 1. The third-order valence-electron chi connectivity index (χ3n) is 2.10. The van der Waals surface area contributed by atoms with E-state index in [1.54, 1.807) is 0 Å². The number of carboxylic acid groups (broad SMARTS) is 1. The average Bonchev–Trinajstić information content (AvgIpc) is 2.63. The highest BCUT2D eigenvalue weighted by molar-refractivity contribution is 5.85. The predicted octanol–water partition coefficient (Wildman–Crippen LogP) is 1.60.